The molecule has 0 aliphatic heterocycles. The van der Waals surface area contributed by atoms with Crippen LogP contribution in [0.4, 0.5) is 5.69 Å². The van der Waals surface area contributed by atoms with E-state index < -0.39 is 0 Å². The van der Waals surface area contributed by atoms with Crippen LogP contribution in [-0.2, 0) is 6.42 Å². The normalized spacial score (nSPS) is 11.6. The second-order valence-electron chi connectivity index (χ2n) is 5.89. The van der Waals surface area contributed by atoms with E-state index >= 15 is 0 Å². The van der Waals surface area contributed by atoms with E-state index in [0.29, 0.717) is 16.6 Å². The van der Waals surface area contributed by atoms with Gasteiger partial charge >= 0.3 is 0 Å². The number of aryl methyl sites for hydroxylation is 1. The maximum Gasteiger partial charge on any atom is 0.257 e. The van der Waals surface area contributed by atoms with Gasteiger partial charge in [-0.2, -0.15) is 0 Å². The van der Waals surface area contributed by atoms with Gasteiger partial charge in [0.25, 0.3) is 5.91 Å². The van der Waals surface area contributed by atoms with Crippen LogP contribution in [0.15, 0.2) is 48.5 Å². The molecule has 2 rings (SSSR count). The first-order valence-electron chi connectivity index (χ1n) is 8.34. The summed E-state index contributed by atoms with van der Waals surface area (Å²) in [5.41, 5.74) is 3.97. The number of hydrogen-bond donors (Lipinski definition) is 2. The highest BCUT2D eigenvalue weighted by Crippen LogP contribution is 2.20. The van der Waals surface area contributed by atoms with E-state index in [2.05, 4.69) is 43.5 Å². The lowest BCUT2D eigenvalue weighted by Gasteiger charge is -2.12. The van der Waals surface area contributed by atoms with E-state index in [1.165, 1.54) is 11.1 Å². The van der Waals surface area contributed by atoms with E-state index in [1.807, 2.05) is 36.4 Å². The Balaban J connectivity index is 1.93. The van der Waals surface area contributed by atoms with Gasteiger partial charge in [0.1, 0.15) is 0 Å². The zero-order valence-corrected chi connectivity index (χ0v) is 15.2. The summed E-state index contributed by atoms with van der Waals surface area (Å²) < 4.78 is 0. The Morgan fingerprint density at radius 1 is 1.04 bits per heavy atom. The number of benzene rings is 2. The number of thiocarbonyl (C=S) groups is 1. The van der Waals surface area contributed by atoms with Crippen LogP contribution in [0.5, 0.6) is 0 Å². The van der Waals surface area contributed by atoms with Crippen LogP contribution in [0.1, 0.15) is 54.6 Å². The van der Waals surface area contributed by atoms with Gasteiger partial charge in [0.2, 0.25) is 0 Å². The third kappa shape index (κ3) is 4.90. The van der Waals surface area contributed by atoms with E-state index in [-0.39, 0.29) is 5.91 Å². The van der Waals surface area contributed by atoms with Gasteiger partial charge in [-0.1, -0.05) is 45.0 Å². The van der Waals surface area contributed by atoms with Gasteiger partial charge in [-0.05, 0) is 66.4 Å². The summed E-state index contributed by atoms with van der Waals surface area (Å²) in [5, 5.41) is 6.06. The number of rotatable bonds is 5. The quantitative estimate of drug-likeness (QED) is 0.762. The maximum absolute atomic E-state index is 12.2. The summed E-state index contributed by atoms with van der Waals surface area (Å²) in [6.07, 6.45) is 2.06. The number of carbonyl (C=O) groups is 1. The lowest BCUT2D eigenvalue weighted by Crippen LogP contribution is -2.34. The van der Waals surface area contributed by atoms with Crippen molar-refractivity contribution in [2.45, 2.75) is 39.5 Å². The Hall–Kier alpha value is -2.20. The lowest BCUT2D eigenvalue weighted by molar-refractivity contribution is 0.0977. The van der Waals surface area contributed by atoms with Gasteiger partial charge in [0.05, 0.1) is 0 Å². The van der Waals surface area contributed by atoms with Crippen molar-refractivity contribution in [2.24, 2.45) is 0 Å². The Labute approximate surface area is 149 Å². The molecule has 0 spiro atoms. The SMILES string of the molecule is CCc1ccc(C(=O)NC(=S)Nc2ccc([C@H](C)CC)cc2)cc1. The summed E-state index contributed by atoms with van der Waals surface area (Å²) >= 11 is 5.23. The molecule has 0 saturated heterocycles. The molecule has 126 valence electrons. The summed E-state index contributed by atoms with van der Waals surface area (Å²) in [5.74, 6) is 0.336. The smallest absolute Gasteiger partial charge is 0.257 e. The van der Waals surface area contributed by atoms with Crippen molar-refractivity contribution in [3.63, 3.8) is 0 Å². The monoisotopic (exact) mass is 340 g/mol. The number of carbonyl (C=O) groups excluding carboxylic acids is 1. The highest BCUT2D eigenvalue weighted by molar-refractivity contribution is 7.80. The van der Waals surface area contributed by atoms with Crippen LogP contribution in [0.2, 0.25) is 0 Å². The molecule has 4 heteroatoms. The topological polar surface area (TPSA) is 41.1 Å². The highest BCUT2D eigenvalue weighted by atomic mass is 32.1. The number of anilines is 1. The first kappa shape index (κ1) is 18.1. The van der Waals surface area contributed by atoms with Crippen molar-refractivity contribution in [1.29, 1.82) is 0 Å². The highest BCUT2D eigenvalue weighted by Gasteiger charge is 2.08. The average molecular weight is 340 g/mol. The van der Waals surface area contributed by atoms with Crippen LogP contribution in [0.3, 0.4) is 0 Å². The molecule has 0 aromatic heterocycles. The summed E-state index contributed by atoms with van der Waals surface area (Å²) in [6, 6.07) is 15.7. The molecule has 2 aromatic carbocycles. The molecule has 0 fully saturated rings. The van der Waals surface area contributed by atoms with E-state index in [4.69, 9.17) is 12.2 Å². The van der Waals surface area contributed by atoms with Crippen molar-refractivity contribution in [3.8, 4) is 0 Å². The molecule has 0 bridgehead atoms. The van der Waals surface area contributed by atoms with E-state index in [9.17, 15) is 4.79 Å². The van der Waals surface area contributed by atoms with Gasteiger partial charge in [-0.3, -0.25) is 10.1 Å². The fourth-order valence-corrected chi connectivity index (χ4v) is 2.57. The van der Waals surface area contributed by atoms with Gasteiger partial charge in [-0.25, -0.2) is 0 Å². The summed E-state index contributed by atoms with van der Waals surface area (Å²) in [7, 11) is 0. The fourth-order valence-electron chi connectivity index (χ4n) is 2.36. The molecule has 2 aromatic rings. The van der Waals surface area contributed by atoms with Gasteiger partial charge in [0.15, 0.2) is 5.11 Å². The Bertz CT molecular complexity index is 693. The molecule has 2 N–H and O–H groups in total. The molecule has 0 heterocycles. The first-order valence-corrected chi connectivity index (χ1v) is 8.75. The van der Waals surface area contributed by atoms with Gasteiger partial charge in [-0.15, -0.1) is 0 Å². The molecule has 0 unspecified atom stereocenters. The van der Waals surface area contributed by atoms with Gasteiger partial charge in [0, 0.05) is 11.3 Å². The van der Waals surface area contributed by atoms with Crippen molar-refractivity contribution < 1.29 is 4.79 Å². The molecule has 0 aliphatic rings. The molecule has 24 heavy (non-hydrogen) atoms. The van der Waals surface area contributed by atoms with Crippen LogP contribution < -0.4 is 10.6 Å². The predicted octanol–water partition coefficient (Wildman–Crippen LogP) is 4.89. The molecular weight excluding hydrogens is 316 g/mol. The number of nitrogens with one attached hydrogen (secondary N) is 2. The molecular formula is C20H24N2OS. The number of amides is 1. The molecule has 0 aliphatic carbocycles. The van der Waals surface area contributed by atoms with Crippen molar-refractivity contribution in [2.75, 3.05) is 5.32 Å². The molecule has 1 atom stereocenters. The minimum absolute atomic E-state index is 0.202. The van der Waals surface area contributed by atoms with Crippen LogP contribution >= 0.6 is 12.2 Å². The summed E-state index contributed by atoms with van der Waals surface area (Å²) in [4.78, 5) is 12.2. The van der Waals surface area contributed by atoms with Crippen molar-refractivity contribution in [1.82, 2.24) is 5.32 Å². The van der Waals surface area contributed by atoms with E-state index in [1.54, 1.807) is 0 Å². The third-order valence-corrected chi connectivity index (χ3v) is 4.41. The Kier molecular flexibility index (Phi) is 6.50. The minimum Gasteiger partial charge on any atom is -0.332 e. The first-order chi connectivity index (χ1) is 11.5. The Morgan fingerprint density at radius 3 is 2.21 bits per heavy atom. The summed E-state index contributed by atoms with van der Waals surface area (Å²) in [6.45, 7) is 6.46. The van der Waals surface area contributed by atoms with Crippen molar-refractivity contribution >= 4 is 28.9 Å². The molecule has 0 saturated carbocycles. The number of hydrogen-bond acceptors (Lipinski definition) is 2. The van der Waals surface area contributed by atoms with Crippen LogP contribution in [0.25, 0.3) is 0 Å². The zero-order chi connectivity index (χ0) is 17.5. The minimum atomic E-state index is -0.202. The average Bonchev–Trinajstić information content (AvgIpc) is 2.61. The van der Waals surface area contributed by atoms with Gasteiger partial charge < -0.3 is 5.32 Å². The lowest BCUT2D eigenvalue weighted by atomic mass is 9.99. The predicted molar refractivity (Wildman–Crippen MR) is 105 cm³/mol. The largest absolute Gasteiger partial charge is 0.332 e. The second kappa shape index (κ2) is 8.60. The molecule has 0 radical (unpaired) electrons. The maximum atomic E-state index is 12.2. The van der Waals surface area contributed by atoms with Crippen LogP contribution in [-0.4, -0.2) is 11.0 Å². The van der Waals surface area contributed by atoms with Crippen LogP contribution in [0, 0.1) is 0 Å². The fraction of sp³-hybridized carbons (Fsp3) is 0.300. The standard InChI is InChI=1S/C20H24N2OS/c1-4-14(3)16-10-12-18(13-11-16)21-20(24)22-19(23)17-8-6-15(5-2)7-9-17/h6-14H,4-5H2,1-3H3,(H2,21,22,23,24)/t14-/m1/s1. The Morgan fingerprint density at radius 2 is 1.67 bits per heavy atom. The molecule has 1 amide bonds. The third-order valence-electron chi connectivity index (χ3n) is 4.20. The van der Waals surface area contributed by atoms with Crippen molar-refractivity contribution in [3.05, 3.63) is 65.2 Å². The zero-order valence-electron chi connectivity index (χ0n) is 14.4. The van der Waals surface area contributed by atoms with E-state index in [0.717, 1.165) is 18.5 Å². The molecule has 3 nitrogen and oxygen atoms in total. The second-order valence-corrected chi connectivity index (χ2v) is 6.30.